The van der Waals surface area contributed by atoms with Gasteiger partial charge in [-0.2, -0.15) is 0 Å². The van der Waals surface area contributed by atoms with E-state index in [4.69, 9.17) is 21.8 Å². The average molecular weight is 235 g/mol. The van der Waals surface area contributed by atoms with Crippen LogP contribution >= 0.6 is 11.6 Å². The second kappa shape index (κ2) is 3.24. The molecule has 80 valence electrons. The summed E-state index contributed by atoms with van der Waals surface area (Å²) in [5.74, 6) is 0.352. The zero-order valence-electron chi connectivity index (χ0n) is 8.07. The Bertz CT molecular complexity index is 658. The second-order valence-corrected chi connectivity index (χ2v) is 3.74. The molecule has 0 unspecified atom stereocenters. The summed E-state index contributed by atoms with van der Waals surface area (Å²) in [7, 11) is 0. The van der Waals surface area contributed by atoms with Crippen molar-refractivity contribution in [3.8, 4) is 11.6 Å². The van der Waals surface area contributed by atoms with E-state index >= 15 is 0 Å². The lowest BCUT2D eigenvalue weighted by Gasteiger charge is -1.89. The number of nitrogen functional groups attached to an aromatic ring is 1. The lowest BCUT2D eigenvalue weighted by atomic mass is 10.2. The smallest absolute Gasteiger partial charge is 0.313 e. The summed E-state index contributed by atoms with van der Waals surface area (Å²) >= 11 is 6.05. The van der Waals surface area contributed by atoms with Crippen LogP contribution in [0.2, 0.25) is 5.02 Å². The Morgan fingerprint density at radius 1 is 1.31 bits per heavy atom. The number of halogens is 1. The van der Waals surface area contributed by atoms with Crippen molar-refractivity contribution in [2.75, 3.05) is 5.73 Å². The molecular weight excluding hydrogens is 228 g/mol. The third kappa shape index (κ3) is 1.33. The second-order valence-electron chi connectivity index (χ2n) is 3.33. The molecule has 0 saturated carbocycles. The summed E-state index contributed by atoms with van der Waals surface area (Å²) in [6.45, 7) is 0. The Morgan fingerprint density at radius 2 is 2.19 bits per heavy atom. The first-order valence-corrected chi connectivity index (χ1v) is 4.98. The molecule has 1 aromatic carbocycles. The van der Waals surface area contributed by atoms with E-state index in [0.717, 1.165) is 10.9 Å². The summed E-state index contributed by atoms with van der Waals surface area (Å²) < 4.78 is 5.12. The number of hydrogen-bond donors (Lipinski definition) is 2. The highest BCUT2D eigenvalue weighted by Gasteiger charge is 2.10. The van der Waals surface area contributed by atoms with Gasteiger partial charge in [0.15, 0.2) is 0 Å². The SMILES string of the molecule is Nc1nnc(-c2cc3c(Cl)cccc3[nH]2)o1. The summed E-state index contributed by atoms with van der Waals surface area (Å²) in [5.41, 5.74) is 6.98. The molecule has 2 aromatic heterocycles. The maximum atomic E-state index is 6.05. The number of benzene rings is 1. The maximum Gasteiger partial charge on any atom is 0.313 e. The van der Waals surface area contributed by atoms with Crippen LogP contribution in [0, 0.1) is 0 Å². The van der Waals surface area contributed by atoms with E-state index in [0.29, 0.717) is 16.6 Å². The summed E-state index contributed by atoms with van der Waals surface area (Å²) in [4.78, 5) is 3.13. The fourth-order valence-corrected chi connectivity index (χ4v) is 1.81. The van der Waals surface area contributed by atoms with E-state index in [9.17, 15) is 0 Å². The molecule has 0 aliphatic carbocycles. The van der Waals surface area contributed by atoms with Crippen LogP contribution in [-0.4, -0.2) is 15.2 Å². The lowest BCUT2D eigenvalue weighted by Crippen LogP contribution is -1.81. The van der Waals surface area contributed by atoms with E-state index in [1.807, 2.05) is 24.3 Å². The minimum atomic E-state index is 0.0414. The number of hydrogen-bond acceptors (Lipinski definition) is 4. The number of H-pyrrole nitrogens is 1. The van der Waals surface area contributed by atoms with Crippen molar-refractivity contribution in [2.45, 2.75) is 0 Å². The molecule has 0 bridgehead atoms. The fourth-order valence-electron chi connectivity index (χ4n) is 1.58. The van der Waals surface area contributed by atoms with E-state index < -0.39 is 0 Å². The number of fused-ring (bicyclic) bond motifs is 1. The van der Waals surface area contributed by atoms with Crippen molar-refractivity contribution < 1.29 is 4.42 Å². The molecule has 0 amide bonds. The van der Waals surface area contributed by atoms with Gasteiger partial charge in [-0.3, -0.25) is 0 Å². The van der Waals surface area contributed by atoms with Gasteiger partial charge < -0.3 is 15.1 Å². The molecule has 0 saturated heterocycles. The normalized spacial score (nSPS) is 11.1. The van der Waals surface area contributed by atoms with Crippen molar-refractivity contribution in [1.29, 1.82) is 0 Å². The fraction of sp³-hybridized carbons (Fsp3) is 0. The highest BCUT2D eigenvalue weighted by Crippen LogP contribution is 2.28. The molecule has 3 rings (SSSR count). The van der Waals surface area contributed by atoms with Crippen LogP contribution in [0.4, 0.5) is 6.01 Å². The van der Waals surface area contributed by atoms with Crippen molar-refractivity contribution in [3.63, 3.8) is 0 Å². The van der Waals surface area contributed by atoms with Crippen LogP contribution in [0.1, 0.15) is 0 Å². The van der Waals surface area contributed by atoms with Crippen LogP contribution < -0.4 is 5.73 Å². The van der Waals surface area contributed by atoms with Crippen molar-refractivity contribution in [2.24, 2.45) is 0 Å². The summed E-state index contributed by atoms with van der Waals surface area (Å²) in [5, 5.41) is 8.98. The van der Waals surface area contributed by atoms with Crippen molar-refractivity contribution in [3.05, 3.63) is 29.3 Å². The number of nitrogens with two attached hydrogens (primary N) is 1. The first-order chi connectivity index (χ1) is 7.74. The number of aromatic amines is 1. The third-order valence-corrected chi connectivity index (χ3v) is 2.61. The molecule has 16 heavy (non-hydrogen) atoms. The molecule has 0 atom stereocenters. The van der Waals surface area contributed by atoms with Gasteiger partial charge in [-0.05, 0) is 18.2 Å². The standard InChI is InChI=1S/C10H7ClN4O/c11-6-2-1-3-7-5(6)4-8(13-7)9-14-15-10(12)16-9/h1-4,13H,(H2,12,15). The van der Waals surface area contributed by atoms with Crippen molar-refractivity contribution in [1.82, 2.24) is 15.2 Å². The topological polar surface area (TPSA) is 80.7 Å². The predicted molar refractivity (Wildman–Crippen MR) is 61.0 cm³/mol. The summed E-state index contributed by atoms with van der Waals surface area (Å²) in [6, 6.07) is 7.51. The first kappa shape index (κ1) is 9.23. The Morgan fingerprint density at radius 3 is 2.88 bits per heavy atom. The molecule has 3 aromatic rings. The first-order valence-electron chi connectivity index (χ1n) is 4.60. The van der Waals surface area contributed by atoms with E-state index in [1.54, 1.807) is 0 Å². The van der Waals surface area contributed by atoms with Crippen LogP contribution in [0.5, 0.6) is 0 Å². The van der Waals surface area contributed by atoms with Crippen LogP contribution in [0.15, 0.2) is 28.7 Å². The number of nitrogens with one attached hydrogen (secondary N) is 1. The molecule has 6 heteroatoms. The third-order valence-electron chi connectivity index (χ3n) is 2.28. The molecule has 0 fully saturated rings. The van der Waals surface area contributed by atoms with Gasteiger partial charge in [-0.25, -0.2) is 0 Å². The van der Waals surface area contributed by atoms with Gasteiger partial charge in [0.05, 0.1) is 0 Å². The van der Waals surface area contributed by atoms with Gasteiger partial charge in [-0.15, -0.1) is 5.10 Å². The van der Waals surface area contributed by atoms with Crippen LogP contribution in [0.3, 0.4) is 0 Å². The zero-order valence-corrected chi connectivity index (χ0v) is 8.82. The van der Waals surface area contributed by atoms with Gasteiger partial charge >= 0.3 is 6.01 Å². The van der Waals surface area contributed by atoms with Crippen LogP contribution in [0.25, 0.3) is 22.5 Å². The van der Waals surface area contributed by atoms with Gasteiger partial charge in [0.25, 0.3) is 5.89 Å². The van der Waals surface area contributed by atoms with Crippen LogP contribution in [-0.2, 0) is 0 Å². The minimum absolute atomic E-state index is 0.0414. The molecule has 0 radical (unpaired) electrons. The Kier molecular flexibility index (Phi) is 1.87. The lowest BCUT2D eigenvalue weighted by molar-refractivity contribution is 0.588. The average Bonchev–Trinajstić information content (AvgIpc) is 2.84. The molecule has 0 aliphatic heterocycles. The zero-order chi connectivity index (χ0) is 11.1. The molecule has 5 nitrogen and oxygen atoms in total. The van der Waals surface area contributed by atoms with E-state index in [-0.39, 0.29) is 6.01 Å². The molecular formula is C10H7ClN4O. The molecule has 3 N–H and O–H groups in total. The summed E-state index contributed by atoms with van der Waals surface area (Å²) in [6.07, 6.45) is 0. The Hall–Kier alpha value is -2.01. The Balaban J connectivity index is 2.22. The molecule has 0 spiro atoms. The molecule has 2 heterocycles. The van der Waals surface area contributed by atoms with E-state index in [2.05, 4.69) is 15.2 Å². The predicted octanol–water partition coefficient (Wildman–Crippen LogP) is 2.45. The van der Waals surface area contributed by atoms with Gasteiger partial charge in [0.2, 0.25) is 0 Å². The quantitative estimate of drug-likeness (QED) is 0.678. The number of anilines is 1. The van der Waals surface area contributed by atoms with E-state index in [1.165, 1.54) is 0 Å². The highest BCUT2D eigenvalue weighted by atomic mass is 35.5. The number of aromatic nitrogens is 3. The Labute approximate surface area is 95.2 Å². The van der Waals surface area contributed by atoms with Gasteiger partial charge in [-0.1, -0.05) is 22.8 Å². The van der Waals surface area contributed by atoms with Crippen molar-refractivity contribution >= 4 is 28.5 Å². The maximum absolute atomic E-state index is 6.05. The largest absolute Gasteiger partial charge is 0.402 e. The molecule has 0 aliphatic rings. The van der Waals surface area contributed by atoms with Gasteiger partial charge in [0, 0.05) is 15.9 Å². The minimum Gasteiger partial charge on any atom is -0.402 e. The highest BCUT2D eigenvalue weighted by molar-refractivity contribution is 6.35. The van der Waals surface area contributed by atoms with Gasteiger partial charge in [0.1, 0.15) is 5.69 Å². The number of rotatable bonds is 1. The number of nitrogens with zero attached hydrogens (tertiary/aromatic N) is 2. The monoisotopic (exact) mass is 234 g/mol.